The molecule has 1 atom stereocenters. The smallest absolute Gasteiger partial charge is 0.240 e. The van der Waals surface area contributed by atoms with E-state index in [1.807, 2.05) is 23.9 Å². The number of hydrogen-bond acceptors (Lipinski definition) is 4. The van der Waals surface area contributed by atoms with Crippen molar-refractivity contribution in [2.24, 2.45) is 5.92 Å². The average molecular weight is 282 g/mol. The van der Waals surface area contributed by atoms with Crippen LogP contribution in [0.25, 0.3) is 0 Å². The highest BCUT2D eigenvalue weighted by Crippen LogP contribution is 2.30. The summed E-state index contributed by atoms with van der Waals surface area (Å²) in [6.45, 7) is 3.87. The molecule has 0 aromatic heterocycles. The maximum Gasteiger partial charge on any atom is 0.240 e. The van der Waals surface area contributed by atoms with Gasteiger partial charge in [-0.05, 0) is 32.9 Å². The van der Waals surface area contributed by atoms with Crippen LogP contribution >= 0.6 is 0 Å². The van der Waals surface area contributed by atoms with Crippen molar-refractivity contribution in [2.75, 3.05) is 46.8 Å². The Labute approximate surface area is 120 Å². The number of likely N-dealkylation sites (N-methyl/N-ethyl adjacent to an activating group) is 1. The van der Waals surface area contributed by atoms with Crippen LogP contribution < -0.4 is 10.6 Å². The van der Waals surface area contributed by atoms with Crippen molar-refractivity contribution < 1.29 is 9.59 Å². The van der Waals surface area contributed by atoms with Crippen LogP contribution in [0.2, 0.25) is 0 Å². The summed E-state index contributed by atoms with van der Waals surface area (Å²) in [6.07, 6.45) is 2.73. The van der Waals surface area contributed by atoms with Gasteiger partial charge < -0.3 is 20.4 Å². The zero-order valence-electron chi connectivity index (χ0n) is 12.5. The molecule has 0 radical (unpaired) electrons. The normalized spacial score (nSPS) is 23.2. The van der Waals surface area contributed by atoms with E-state index in [0.29, 0.717) is 12.5 Å². The van der Waals surface area contributed by atoms with E-state index in [9.17, 15) is 9.59 Å². The summed E-state index contributed by atoms with van der Waals surface area (Å²) in [5.41, 5.74) is 0. The molecule has 114 valence electrons. The molecule has 0 aromatic rings. The van der Waals surface area contributed by atoms with Crippen LogP contribution in [0.1, 0.15) is 19.3 Å². The Morgan fingerprint density at radius 1 is 1.45 bits per heavy atom. The highest BCUT2D eigenvalue weighted by Gasteiger charge is 2.33. The minimum atomic E-state index is -0.346. The Balaban J connectivity index is 1.72. The first-order valence-corrected chi connectivity index (χ1v) is 7.50. The summed E-state index contributed by atoms with van der Waals surface area (Å²) in [6, 6.07) is -0.346. The largest absolute Gasteiger partial charge is 0.355 e. The molecule has 1 aliphatic carbocycles. The van der Waals surface area contributed by atoms with Crippen molar-refractivity contribution in [3.05, 3.63) is 0 Å². The van der Waals surface area contributed by atoms with Gasteiger partial charge in [0.15, 0.2) is 0 Å². The van der Waals surface area contributed by atoms with Crippen LogP contribution in [0.15, 0.2) is 0 Å². The van der Waals surface area contributed by atoms with Crippen LogP contribution in [0.3, 0.4) is 0 Å². The number of nitrogens with one attached hydrogen (secondary N) is 2. The second-order valence-corrected chi connectivity index (χ2v) is 6.09. The number of nitrogens with zero attached hydrogens (tertiary/aromatic N) is 2. The molecule has 2 aliphatic rings. The SMILES string of the molecule is CN(C)CCNC(=O)CC1NCCN(CC2CC2)C1=O. The Kier molecular flexibility index (Phi) is 5.37. The lowest BCUT2D eigenvalue weighted by atomic mass is 10.1. The molecule has 6 heteroatoms. The summed E-state index contributed by atoms with van der Waals surface area (Å²) >= 11 is 0. The van der Waals surface area contributed by atoms with E-state index >= 15 is 0 Å². The van der Waals surface area contributed by atoms with Crippen LogP contribution in [-0.4, -0.2) is 74.5 Å². The van der Waals surface area contributed by atoms with Gasteiger partial charge >= 0.3 is 0 Å². The molecule has 0 bridgehead atoms. The van der Waals surface area contributed by atoms with Crippen molar-refractivity contribution in [3.8, 4) is 0 Å². The van der Waals surface area contributed by atoms with Crippen molar-refractivity contribution in [2.45, 2.75) is 25.3 Å². The third-order valence-corrected chi connectivity index (χ3v) is 3.83. The number of amides is 2. The van der Waals surface area contributed by atoms with Crippen molar-refractivity contribution in [3.63, 3.8) is 0 Å². The topological polar surface area (TPSA) is 64.7 Å². The molecule has 1 saturated carbocycles. The lowest BCUT2D eigenvalue weighted by Gasteiger charge is -2.33. The molecule has 2 amide bonds. The predicted molar refractivity (Wildman–Crippen MR) is 77.3 cm³/mol. The molecule has 2 rings (SSSR count). The first-order valence-electron chi connectivity index (χ1n) is 7.50. The van der Waals surface area contributed by atoms with E-state index in [2.05, 4.69) is 10.6 Å². The molecule has 20 heavy (non-hydrogen) atoms. The number of piperazine rings is 1. The Morgan fingerprint density at radius 3 is 2.85 bits per heavy atom. The molecule has 2 fully saturated rings. The fraction of sp³-hybridized carbons (Fsp3) is 0.857. The van der Waals surface area contributed by atoms with Gasteiger partial charge in [-0.2, -0.15) is 0 Å². The Bertz CT molecular complexity index is 355. The molecule has 1 heterocycles. The van der Waals surface area contributed by atoms with E-state index in [4.69, 9.17) is 0 Å². The second kappa shape index (κ2) is 7.04. The van der Waals surface area contributed by atoms with Gasteiger partial charge in [0.2, 0.25) is 11.8 Å². The van der Waals surface area contributed by atoms with Gasteiger partial charge in [-0.3, -0.25) is 9.59 Å². The average Bonchev–Trinajstić information content (AvgIpc) is 3.18. The quantitative estimate of drug-likeness (QED) is 0.646. The van der Waals surface area contributed by atoms with Crippen LogP contribution in [0.4, 0.5) is 0 Å². The van der Waals surface area contributed by atoms with Gasteiger partial charge in [-0.15, -0.1) is 0 Å². The molecule has 1 aliphatic heterocycles. The van der Waals surface area contributed by atoms with Crippen LogP contribution in [-0.2, 0) is 9.59 Å². The van der Waals surface area contributed by atoms with Gasteiger partial charge in [0, 0.05) is 32.7 Å². The summed E-state index contributed by atoms with van der Waals surface area (Å²) in [7, 11) is 3.93. The number of hydrogen-bond donors (Lipinski definition) is 2. The fourth-order valence-corrected chi connectivity index (χ4v) is 2.42. The minimum absolute atomic E-state index is 0.0500. The summed E-state index contributed by atoms with van der Waals surface area (Å²) in [5.74, 6) is 0.739. The molecule has 1 unspecified atom stereocenters. The predicted octanol–water partition coefficient (Wildman–Crippen LogP) is -0.735. The molecule has 6 nitrogen and oxygen atoms in total. The van der Waals surface area contributed by atoms with E-state index in [1.165, 1.54) is 12.8 Å². The van der Waals surface area contributed by atoms with E-state index in [1.54, 1.807) is 0 Å². The third kappa shape index (κ3) is 4.76. The number of rotatable bonds is 7. The maximum atomic E-state index is 12.3. The number of carbonyl (C=O) groups excluding carboxylic acids is 2. The molecular formula is C14H26N4O2. The summed E-state index contributed by atoms with van der Waals surface area (Å²) in [5, 5.41) is 6.02. The van der Waals surface area contributed by atoms with Crippen LogP contribution in [0.5, 0.6) is 0 Å². The van der Waals surface area contributed by atoms with Gasteiger partial charge in [-0.1, -0.05) is 0 Å². The van der Waals surface area contributed by atoms with Crippen molar-refractivity contribution in [1.82, 2.24) is 20.4 Å². The first kappa shape index (κ1) is 15.3. The molecule has 1 saturated heterocycles. The molecule has 2 N–H and O–H groups in total. The van der Waals surface area contributed by atoms with E-state index in [-0.39, 0.29) is 24.3 Å². The van der Waals surface area contributed by atoms with Gasteiger partial charge in [0.1, 0.15) is 0 Å². The lowest BCUT2D eigenvalue weighted by Crippen LogP contribution is -2.56. The van der Waals surface area contributed by atoms with Gasteiger partial charge in [0.05, 0.1) is 12.5 Å². The standard InChI is InChI=1S/C14H26N4O2/c1-17(2)7-5-16-13(19)9-12-14(20)18(8-6-15-12)10-11-3-4-11/h11-12,15H,3-10H2,1-2H3,(H,16,19). The molecule has 0 aromatic carbocycles. The summed E-state index contributed by atoms with van der Waals surface area (Å²) < 4.78 is 0. The maximum absolute atomic E-state index is 12.3. The molecular weight excluding hydrogens is 256 g/mol. The highest BCUT2D eigenvalue weighted by molar-refractivity contribution is 5.88. The van der Waals surface area contributed by atoms with Crippen molar-refractivity contribution in [1.29, 1.82) is 0 Å². The first-order chi connectivity index (χ1) is 9.56. The minimum Gasteiger partial charge on any atom is -0.355 e. The summed E-state index contributed by atoms with van der Waals surface area (Å²) in [4.78, 5) is 28.1. The number of carbonyl (C=O) groups is 2. The van der Waals surface area contributed by atoms with Crippen LogP contribution in [0, 0.1) is 5.92 Å². The van der Waals surface area contributed by atoms with Gasteiger partial charge in [0.25, 0.3) is 0 Å². The molecule has 0 spiro atoms. The second-order valence-electron chi connectivity index (χ2n) is 6.09. The fourth-order valence-electron chi connectivity index (χ4n) is 2.42. The highest BCUT2D eigenvalue weighted by atomic mass is 16.2. The Morgan fingerprint density at radius 2 is 2.20 bits per heavy atom. The van der Waals surface area contributed by atoms with E-state index in [0.717, 1.165) is 26.2 Å². The zero-order valence-corrected chi connectivity index (χ0v) is 12.5. The third-order valence-electron chi connectivity index (χ3n) is 3.83. The van der Waals surface area contributed by atoms with Crippen molar-refractivity contribution >= 4 is 11.8 Å². The monoisotopic (exact) mass is 282 g/mol. The Hall–Kier alpha value is -1.14. The van der Waals surface area contributed by atoms with Gasteiger partial charge in [-0.25, -0.2) is 0 Å². The lowest BCUT2D eigenvalue weighted by molar-refractivity contribution is -0.138. The zero-order chi connectivity index (χ0) is 14.5. The van der Waals surface area contributed by atoms with E-state index < -0.39 is 0 Å².